The van der Waals surface area contributed by atoms with Gasteiger partial charge in [0.1, 0.15) is 5.82 Å². The fourth-order valence-corrected chi connectivity index (χ4v) is 2.90. The van der Waals surface area contributed by atoms with Crippen LogP contribution in [0.2, 0.25) is 0 Å². The summed E-state index contributed by atoms with van der Waals surface area (Å²) in [7, 11) is 0. The highest BCUT2D eigenvalue weighted by molar-refractivity contribution is 9.10. The number of carbonyl (C=O) groups excluding carboxylic acids is 1. The predicted octanol–water partition coefficient (Wildman–Crippen LogP) is 4.29. The van der Waals surface area contributed by atoms with Gasteiger partial charge in [-0.1, -0.05) is 22.9 Å². The zero-order valence-corrected chi connectivity index (χ0v) is 12.9. The lowest BCUT2D eigenvalue weighted by Crippen LogP contribution is -2.48. The van der Waals surface area contributed by atoms with E-state index in [1.165, 1.54) is 12.1 Å². The summed E-state index contributed by atoms with van der Waals surface area (Å²) < 4.78 is 14.4. The fraction of sp³-hybridized carbons (Fsp3) is 0.533. The molecule has 1 saturated carbocycles. The molecule has 2 rings (SSSR count). The molecule has 1 N–H and O–H groups in total. The number of hydrogen-bond donors (Lipinski definition) is 1. The van der Waals surface area contributed by atoms with E-state index in [1.807, 2.05) is 6.92 Å². The van der Waals surface area contributed by atoms with Gasteiger partial charge >= 0.3 is 0 Å². The monoisotopic (exact) mass is 327 g/mol. The molecule has 0 atom stereocenters. The standard InChI is InChI=1S/C15H19BrFNO/c1-10-5-7-15(2,8-6-10)18-14(19)12-9-11(16)3-4-13(12)17/h3-4,9-10H,5-8H2,1-2H3,(H,18,19). The third kappa shape index (κ3) is 3.56. The van der Waals surface area contributed by atoms with Crippen LogP contribution in [0.25, 0.3) is 0 Å². The van der Waals surface area contributed by atoms with Crippen molar-refractivity contribution in [2.45, 2.75) is 45.1 Å². The maximum absolute atomic E-state index is 13.7. The molecule has 0 saturated heterocycles. The molecule has 1 aliphatic carbocycles. The van der Waals surface area contributed by atoms with Crippen molar-refractivity contribution in [2.24, 2.45) is 5.92 Å². The van der Waals surface area contributed by atoms with Crippen LogP contribution in [0.5, 0.6) is 0 Å². The summed E-state index contributed by atoms with van der Waals surface area (Å²) in [6.45, 7) is 4.28. The van der Waals surface area contributed by atoms with Crippen LogP contribution in [-0.4, -0.2) is 11.4 Å². The van der Waals surface area contributed by atoms with Crippen LogP contribution in [0.1, 0.15) is 49.9 Å². The van der Waals surface area contributed by atoms with Gasteiger partial charge in [0.05, 0.1) is 5.56 Å². The Morgan fingerprint density at radius 1 is 1.42 bits per heavy atom. The molecule has 0 aromatic heterocycles. The van der Waals surface area contributed by atoms with Gasteiger partial charge in [0, 0.05) is 10.0 Å². The van der Waals surface area contributed by atoms with E-state index < -0.39 is 5.82 Å². The van der Waals surface area contributed by atoms with Crippen molar-refractivity contribution < 1.29 is 9.18 Å². The smallest absolute Gasteiger partial charge is 0.254 e. The second-order valence-electron chi connectivity index (χ2n) is 5.82. The van der Waals surface area contributed by atoms with Crippen molar-refractivity contribution in [2.75, 3.05) is 0 Å². The quantitative estimate of drug-likeness (QED) is 0.862. The summed E-state index contributed by atoms with van der Waals surface area (Å²) in [5, 5.41) is 3.00. The molecule has 1 fully saturated rings. The second kappa shape index (κ2) is 5.61. The lowest BCUT2D eigenvalue weighted by atomic mass is 9.78. The Morgan fingerprint density at radius 2 is 2.05 bits per heavy atom. The van der Waals surface area contributed by atoms with Crippen LogP contribution in [0, 0.1) is 11.7 Å². The first kappa shape index (κ1) is 14.5. The number of nitrogens with one attached hydrogen (secondary N) is 1. The molecule has 2 nitrogen and oxygen atoms in total. The summed E-state index contributed by atoms with van der Waals surface area (Å²) in [5.41, 5.74) is -0.104. The van der Waals surface area contributed by atoms with E-state index in [4.69, 9.17) is 0 Å². The van der Waals surface area contributed by atoms with Gasteiger partial charge in [0.15, 0.2) is 0 Å². The van der Waals surface area contributed by atoms with E-state index in [1.54, 1.807) is 6.07 Å². The molecule has 104 valence electrons. The van der Waals surface area contributed by atoms with Crippen molar-refractivity contribution in [1.29, 1.82) is 0 Å². The lowest BCUT2D eigenvalue weighted by molar-refractivity contribution is 0.0865. The molecule has 0 aliphatic heterocycles. The van der Waals surface area contributed by atoms with Gasteiger partial charge in [-0.15, -0.1) is 0 Å². The van der Waals surface area contributed by atoms with Crippen LogP contribution in [0.4, 0.5) is 4.39 Å². The van der Waals surface area contributed by atoms with Crippen LogP contribution >= 0.6 is 15.9 Å². The lowest BCUT2D eigenvalue weighted by Gasteiger charge is -2.37. The zero-order chi connectivity index (χ0) is 14.0. The third-order valence-electron chi connectivity index (χ3n) is 3.97. The topological polar surface area (TPSA) is 29.1 Å². The molecule has 0 heterocycles. The van der Waals surface area contributed by atoms with Gasteiger partial charge in [-0.3, -0.25) is 4.79 Å². The summed E-state index contributed by atoms with van der Waals surface area (Å²) in [6.07, 6.45) is 4.13. The highest BCUT2D eigenvalue weighted by atomic mass is 79.9. The number of hydrogen-bond acceptors (Lipinski definition) is 1. The molecular formula is C15H19BrFNO. The van der Waals surface area contributed by atoms with E-state index in [-0.39, 0.29) is 17.0 Å². The van der Waals surface area contributed by atoms with Crippen molar-refractivity contribution in [3.63, 3.8) is 0 Å². The van der Waals surface area contributed by atoms with Gasteiger partial charge < -0.3 is 5.32 Å². The minimum Gasteiger partial charge on any atom is -0.347 e. The van der Waals surface area contributed by atoms with Crippen LogP contribution in [0.3, 0.4) is 0 Å². The molecule has 0 bridgehead atoms. The summed E-state index contributed by atoms with van der Waals surface area (Å²) in [6, 6.07) is 4.43. The van der Waals surface area contributed by atoms with Crippen molar-refractivity contribution >= 4 is 21.8 Å². The first-order valence-corrected chi connectivity index (χ1v) is 7.46. The normalized spacial score (nSPS) is 27.1. The number of amides is 1. The molecule has 1 aromatic carbocycles. The van der Waals surface area contributed by atoms with Crippen LogP contribution in [-0.2, 0) is 0 Å². The van der Waals surface area contributed by atoms with E-state index in [2.05, 4.69) is 28.2 Å². The summed E-state index contributed by atoms with van der Waals surface area (Å²) in [5.74, 6) is -0.0862. The Hall–Kier alpha value is -0.900. The number of rotatable bonds is 2. The number of halogens is 2. The maximum atomic E-state index is 13.7. The first-order valence-electron chi connectivity index (χ1n) is 6.67. The van der Waals surface area contributed by atoms with E-state index >= 15 is 0 Å². The molecule has 19 heavy (non-hydrogen) atoms. The molecule has 0 unspecified atom stereocenters. The molecular weight excluding hydrogens is 309 g/mol. The van der Waals surface area contributed by atoms with E-state index in [9.17, 15) is 9.18 Å². The fourth-order valence-electron chi connectivity index (χ4n) is 2.54. The summed E-state index contributed by atoms with van der Waals surface area (Å²) >= 11 is 3.26. The number of benzene rings is 1. The highest BCUT2D eigenvalue weighted by Gasteiger charge is 2.31. The Bertz CT molecular complexity index is 481. The van der Waals surface area contributed by atoms with Gasteiger partial charge in [-0.2, -0.15) is 0 Å². The highest BCUT2D eigenvalue weighted by Crippen LogP contribution is 2.31. The minimum atomic E-state index is -0.478. The third-order valence-corrected chi connectivity index (χ3v) is 4.46. The Balaban J connectivity index is 2.10. The Kier molecular flexibility index (Phi) is 4.29. The maximum Gasteiger partial charge on any atom is 0.254 e. The average molecular weight is 328 g/mol. The number of carbonyl (C=O) groups is 1. The molecule has 1 aliphatic rings. The molecule has 0 radical (unpaired) electrons. The SMILES string of the molecule is CC1CCC(C)(NC(=O)c2cc(Br)ccc2F)CC1. The van der Waals surface area contributed by atoms with Crippen LogP contribution in [0.15, 0.2) is 22.7 Å². The Morgan fingerprint density at radius 3 is 2.68 bits per heavy atom. The largest absolute Gasteiger partial charge is 0.347 e. The van der Waals surface area contributed by atoms with Crippen molar-refractivity contribution in [1.82, 2.24) is 5.32 Å². The van der Waals surface area contributed by atoms with E-state index in [0.29, 0.717) is 10.4 Å². The van der Waals surface area contributed by atoms with Crippen molar-refractivity contribution in [3.05, 3.63) is 34.1 Å². The second-order valence-corrected chi connectivity index (χ2v) is 6.74. The van der Waals surface area contributed by atoms with Gasteiger partial charge in [0.2, 0.25) is 0 Å². The van der Waals surface area contributed by atoms with Gasteiger partial charge in [-0.25, -0.2) is 4.39 Å². The Labute approximate surface area is 121 Å². The molecule has 1 amide bonds. The van der Waals surface area contributed by atoms with Gasteiger partial charge in [0.25, 0.3) is 5.91 Å². The zero-order valence-electron chi connectivity index (χ0n) is 11.3. The molecule has 4 heteroatoms. The molecule has 1 aromatic rings. The van der Waals surface area contributed by atoms with Crippen molar-refractivity contribution in [3.8, 4) is 0 Å². The molecule has 0 spiro atoms. The van der Waals surface area contributed by atoms with Gasteiger partial charge in [-0.05, 0) is 56.7 Å². The van der Waals surface area contributed by atoms with E-state index in [0.717, 1.165) is 25.7 Å². The first-order chi connectivity index (χ1) is 8.89. The minimum absolute atomic E-state index is 0.106. The van der Waals surface area contributed by atoms with Crippen LogP contribution < -0.4 is 5.32 Å². The average Bonchev–Trinajstić information content (AvgIpc) is 2.36. The summed E-state index contributed by atoms with van der Waals surface area (Å²) in [4.78, 5) is 12.2. The predicted molar refractivity (Wildman–Crippen MR) is 77.6 cm³/mol.